The van der Waals surface area contributed by atoms with Crippen molar-refractivity contribution in [2.45, 2.75) is 26.9 Å². The van der Waals surface area contributed by atoms with E-state index in [0.717, 1.165) is 43.1 Å². The summed E-state index contributed by atoms with van der Waals surface area (Å²) in [6.07, 6.45) is -0.437. The molecular weight excluding hydrogens is 300 g/mol. The molecule has 1 aliphatic heterocycles. The minimum atomic E-state index is -0.437. The monoisotopic (exact) mass is 328 g/mol. The van der Waals surface area contributed by atoms with E-state index >= 15 is 0 Å². The fourth-order valence-corrected chi connectivity index (χ4v) is 2.96. The van der Waals surface area contributed by atoms with E-state index in [1.165, 1.54) is 5.56 Å². The molecule has 0 saturated carbocycles. The Labute approximate surface area is 140 Å². The summed E-state index contributed by atoms with van der Waals surface area (Å²) in [6, 6.07) is 4.24. The van der Waals surface area contributed by atoms with Gasteiger partial charge in [-0.25, -0.2) is 0 Å². The number of hydrogen-bond donors (Lipinski definition) is 1. The highest BCUT2D eigenvalue weighted by Gasteiger charge is 2.17. The van der Waals surface area contributed by atoms with Gasteiger partial charge in [-0.3, -0.25) is 4.90 Å². The van der Waals surface area contributed by atoms with Crippen LogP contribution < -0.4 is 4.74 Å². The van der Waals surface area contributed by atoms with Crippen LogP contribution in [0.3, 0.4) is 0 Å². The third-order valence-electron chi connectivity index (χ3n) is 4.09. The van der Waals surface area contributed by atoms with Gasteiger partial charge in [-0.1, -0.05) is 17.7 Å². The highest BCUT2D eigenvalue weighted by atomic mass is 35.5. The van der Waals surface area contributed by atoms with Crippen molar-refractivity contribution in [2.24, 2.45) is 0 Å². The van der Waals surface area contributed by atoms with E-state index in [1.807, 2.05) is 0 Å². The molecule has 1 aromatic carbocycles. The molecule has 0 radical (unpaired) electrons. The molecule has 0 bridgehead atoms. The molecular formula is C17H29ClN2O2. The summed E-state index contributed by atoms with van der Waals surface area (Å²) in [4.78, 5) is 4.63. The standard InChI is InChI=1S/C17H28N2O2.ClH/c1-13-9-14(2)17(15(3)10-13)21-12-16(20)11-19-7-5-18(4)6-8-19;/h9-10,16,20H,5-8,11-12H2,1-4H3;1H. The van der Waals surface area contributed by atoms with Crippen molar-refractivity contribution in [3.63, 3.8) is 0 Å². The number of nitrogens with zero attached hydrogens (tertiary/aromatic N) is 2. The van der Waals surface area contributed by atoms with Crippen LogP contribution in [0.15, 0.2) is 12.1 Å². The molecule has 1 atom stereocenters. The van der Waals surface area contributed by atoms with Gasteiger partial charge < -0.3 is 14.7 Å². The molecule has 1 aliphatic rings. The van der Waals surface area contributed by atoms with Crippen LogP contribution in [-0.4, -0.2) is 67.4 Å². The SMILES string of the molecule is Cc1cc(C)c(OCC(O)CN2CCN(C)CC2)c(C)c1.Cl. The number of benzene rings is 1. The summed E-state index contributed by atoms with van der Waals surface area (Å²) in [6.45, 7) is 11.4. The van der Waals surface area contributed by atoms with Gasteiger partial charge in [0, 0.05) is 32.7 Å². The second-order valence-electron chi connectivity index (χ2n) is 6.30. The van der Waals surface area contributed by atoms with Crippen LogP contribution in [-0.2, 0) is 0 Å². The average molecular weight is 329 g/mol. The number of piperazine rings is 1. The summed E-state index contributed by atoms with van der Waals surface area (Å²) < 4.78 is 5.86. The van der Waals surface area contributed by atoms with E-state index in [2.05, 4.69) is 49.8 Å². The fourth-order valence-electron chi connectivity index (χ4n) is 2.96. The van der Waals surface area contributed by atoms with E-state index in [9.17, 15) is 5.11 Å². The molecule has 1 fully saturated rings. The number of aliphatic hydroxyl groups excluding tert-OH is 1. The van der Waals surface area contributed by atoms with Crippen LogP contribution in [0.1, 0.15) is 16.7 Å². The van der Waals surface area contributed by atoms with Gasteiger partial charge in [0.2, 0.25) is 0 Å². The Morgan fingerprint density at radius 1 is 1.09 bits per heavy atom. The van der Waals surface area contributed by atoms with Gasteiger partial charge in [-0.2, -0.15) is 0 Å². The lowest BCUT2D eigenvalue weighted by atomic mass is 10.1. The topological polar surface area (TPSA) is 35.9 Å². The highest BCUT2D eigenvalue weighted by Crippen LogP contribution is 2.24. The first-order valence-corrected chi connectivity index (χ1v) is 7.75. The number of aliphatic hydroxyl groups is 1. The van der Waals surface area contributed by atoms with Crippen molar-refractivity contribution < 1.29 is 9.84 Å². The highest BCUT2D eigenvalue weighted by molar-refractivity contribution is 5.85. The van der Waals surface area contributed by atoms with Crippen LogP contribution in [0.4, 0.5) is 0 Å². The van der Waals surface area contributed by atoms with Crippen molar-refractivity contribution in [1.82, 2.24) is 9.80 Å². The maximum absolute atomic E-state index is 10.2. The molecule has 5 heteroatoms. The zero-order valence-electron chi connectivity index (χ0n) is 14.1. The van der Waals surface area contributed by atoms with Gasteiger partial charge in [0.25, 0.3) is 0 Å². The fraction of sp³-hybridized carbons (Fsp3) is 0.647. The third-order valence-corrected chi connectivity index (χ3v) is 4.09. The smallest absolute Gasteiger partial charge is 0.125 e. The van der Waals surface area contributed by atoms with E-state index in [1.54, 1.807) is 0 Å². The number of halogens is 1. The lowest BCUT2D eigenvalue weighted by Crippen LogP contribution is -2.47. The molecule has 1 heterocycles. The van der Waals surface area contributed by atoms with Crippen molar-refractivity contribution in [1.29, 1.82) is 0 Å². The van der Waals surface area contributed by atoms with E-state index in [0.29, 0.717) is 13.2 Å². The number of β-amino-alcohol motifs (C(OH)–C–C–N with tert-alkyl or cyclic N) is 1. The second-order valence-corrected chi connectivity index (χ2v) is 6.30. The molecule has 0 aromatic heterocycles. The molecule has 0 spiro atoms. The predicted octanol–water partition coefficient (Wildman–Crippen LogP) is 2.02. The Morgan fingerprint density at radius 3 is 2.18 bits per heavy atom. The molecule has 1 aromatic rings. The molecule has 22 heavy (non-hydrogen) atoms. The molecule has 1 N–H and O–H groups in total. The van der Waals surface area contributed by atoms with E-state index in [4.69, 9.17) is 4.74 Å². The summed E-state index contributed by atoms with van der Waals surface area (Å²) in [5.41, 5.74) is 3.52. The molecule has 4 nitrogen and oxygen atoms in total. The Hall–Kier alpha value is -0.810. The van der Waals surface area contributed by atoms with Crippen molar-refractivity contribution in [3.8, 4) is 5.75 Å². The first kappa shape index (κ1) is 19.2. The van der Waals surface area contributed by atoms with Crippen LogP contribution in [0.25, 0.3) is 0 Å². The van der Waals surface area contributed by atoms with Gasteiger partial charge >= 0.3 is 0 Å². The first-order chi connectivity index (χ1) is 9.95. The third kappa shape index (κ3) is 5.43. The summed E-state index contributed by atoms with van der Waals surface area (Å²) in [5, 5.41) is 10.2. The van der Waals surface area contributed by atoms with Gasteiger partial charge in [0.05, 0.1) is 0 Å². The number of aryl methyl sites for hydroxylation is 3. The van der Waals surface area contributed by atoms with Crippen molar-refractivity contribution in [2.75, 3.05) is 46.4 Å². The maximum Gasteiger partial charge on any atom is 0.125 e. The predicted molar refractivity (Wildman–Crippen MR) is 93.3 cm³/mol. The molecule has 1 saturated heterocycles. The van der Waals surface area contributed by atoms with Crippen molar-refractivity contribution >= 4 is 12.4 Å². The van der Waals surface area contributed by atoms with Crippen LogP contribution in [0.2, 0.25) is 0 Å². The average Bonchev–Trinajstić information content (AvgIpc) is 2.40. The normalized spacial score (nSPS) is 17.9. The first-order valence-electron chi connectivity index (χ1n) is 7.75. The van der Waals surface area contributed by atoms with Gasteiger partial charge in [0.15, 0.2) is 0 Å². The Morgan fingerprint density at radius 2 is 1.64 bits per heavy atom. The molecule has 2 rings (SSSR count). The Bertz CT molecular complexity index is 451. The number of hydrogen-bond acceptors (Lipinski definition) is 4. The van der Waals surface area contributed by atoms with Gasteiger partial charge in [-0.15, -0.1) is 12.4 Å². The largest absolute Gasteiger partial charge is 0.490 e. The molecule has 0 amide bonds. The molecule has 126 valence electrons. The van der Waals surface area contributed by atoms with Gasteiger partial charge in [-0.05, 0) is 38.9 Å². The minimum absolute atomic E-state index is 0. The van der Waals surface area contributed by atoms with Crippen LogP contribution >= 0.6 is 12.4 Å². The summed E-state index contributed by atoms with van der Waals surface area (Å²) in [5.74, 6) is 0.915. The van der Waals surface area contributed by atoms with E-state index in [-0.39, 0.29) is 12.4 Å². The van der Waals surface area contributed by atoms with Crippen molar-refractivity contribution in [3.05, 3.63) is 28.8 Å². The maximum atomic E-state index is 10.2. The Kier molecular flexibility index (Phi) is 7.63. The lowest BCUT2D eigenvalue weighted by molar-refractivity contribution is 0.0501. The zero-order valence-corrected chi connectivity index (χ0v) is 14.9. The number of rotatable bonds is 5. The number of ether oxygens (including phenoxy) is 1. The minimum Gasteiger partial charge on any atom is -0.490 e. The van der Waals surface area contributed by atoms with Crippen LogP contribution in [0, 0.1) is 20.8 Å². The van der Waals surface area contributed by atoms with Gasteiger partial charge in [0.1, 0.15) is 18.5 Å². The van der Waals surface area contributed by atoms with Crippen LogP contribution in [0.5, 0.6) is 5.75 Å². The second kappa shape index (κ2) is 8.73. The zero-order chi connectivity index (χ0) is 15.4. The quantitative estimate of drug-likeness (QED) is 0.897. The molecule has 1 unspecified atom stereocenters. The summed E-state index contributed by atoms with van der Waals surface area (Å²) >= 11 is 0. The summed E-state index contributed by atoms with van der Waals surface area (Å²) in [7, 11) is 2.14. The molecule has 0 aliphatic carbocycles. The van der Waals surface area contributed by atoms with E-state index < -0.39 is 6.10 Å². The lowest BCUT2D eigenvalue weighted by Gasteiger charge is -2.33. The number of likely N-dealkylation sites (N-methyl/N-ethyl adjacent to an activating group) is 1. The Balaban J connectivity index is 0.00000242.